The smallest absolute Gasteiger partial charge is 0.246 e. The molecule has 5 nitrogen and oxygen atoms in total. The summed E-state index contributed by atoms with van der Waals surface area (Å²) in [5, 5.41) is 2.88. The van der Waals surface area contributed by atoms with E-state index < -0.39 is 6.04 Å². The van der Waals surface area contributed by atoms with Crippen molar-refractivity contribution in [3.05, 3.63) is 16.1 Å². The molecule has 6 heteroatoms. The number of amides is 2. The summed E-state index contributed by atoms with van der Waals surface area (Å²) in [6.45, 7) is 8.47. The summed E-state index contributed by atoms with van der Waals surface area (Å²) in [7, 11) is 0. The van der Waals surface area contributed by atoms with E-state index in [0.29, 0.717) is 25.3 Å². The molecule has 1 saturated heterocycles. The van der Waals surface area contributed by atoms with Gasteiger partial charge < -0.3 is 10.2 Å². The van der Waals surface area contributed by atoms with Crippen LogP contribution < -0.4 is 5.32 Å². The third-order valence-electron chi connectivity index (χ3n) is 3.83. The van der Waals surface area contributed by atoms with Crippen LogP contribution in [0.4, 0.5) is 0 Å². The fraction of sp³-hybridized carbons (Fsp3) is 0.667. The van der Waals surface area contributed by atoms with E-state index in [1.165, 1.54) is 11.3 Å². The Morgan fingerprint density at radius 2 is 2.14 bits per heavy atom. The Kier molecular flexibility index (Phi) is 4.98. The fourth-order valence-corrected chi connectivity index (χ4v) is 3.46. The number of thiazole rings is 1. The first kappa shape index (κ1) is 15.9. The van der Waals surface area contributed by atoms with Gasteiger partial charge in [0.05, 0.1) is 17.7 Å². The third-order valence-corrected chi connectivity index (χ3v) is 4.75. The van der Waals surface area contributed by atoms with Crippen LogP contribution in [0.25, 0.3) is 0 Å². The molecule has 2 rings (SSSR count). The van der Waals surface area contributed by atoms with Gasteiger partial charge in [-0.15, -0.1) is 11.3 Å². The van der Waals surface area contributed by atoms with Crippen LogP contribution in [0.2, 0.25) is 0 Å². The summed E-state index contributed by atoms with van der Waals surface area (Å²) in [6, 6.07) is -0.768. The van der Waals surface area contributed by atoms with Crippen LogP contribution in [0.1, 0.15) is 44.2 Å². The molecule has 2 unspecified atom stereocenters. The number of carbonyl (C=O) groups excluding carboxylic acids is 2. The first-order valence-electron chi connectivity index (χ1n) is 7.43. The molecule has 116 valence electrons. The van der Waals surface area contributed by atoms with Crippen LogP contribution in [-0.2, 0) is 16.1 Å². The van der Waals surface area contributed by atoms with Gasteiger partial charge in [-0.25, -0.2) is 4.98 Å². The first-order chi connectivity index (χ1) is 9.93. The predicted molar refractivity (Wildman–Crippen MR) is 82.9 cm³/mol. The van der Waals surface area contributed by atoms with Gasteiger partial charge in [0.1, 0.15) is 12.1 Å². The molecule has 0 aromatic carbocycles. The van der Waals surface area contributed by atoms with E-state index in [9.17, 15) is 9.59 Å². The van der Waals surface area contributed by atoms with Crippen molar-refractivity contribution in [3.63, 3.8) is 0 Å². The molecule has 1 N–H and O–H groups in total. The second-order valence-corrected chi connectivity index (χ2v) is 6.88. The molecular formula is C15H23N3O2S. The summed E-state index contributed by atoms with van der Waals surface area (Å²) in [4.78, 5) is 32.0. The van der Waals surface area contributed by atoms with E-state index in [1.807, 2.05) is 13.8 Å². The minimum atomic E-state index is -0.395. The number of nitrogens with one attached hydrogen (secondary N) is 1. The van der Waals surface area contributed by atoms with Crippen LogP contribution in [0, 0.1) is 12.8 Å². The van der Waals surface area contributed by atoms with E-state index in [2.05, 4.69) is 24.1 Å². The van der Waals surface area contributed by atoms with Crippen molar-refractivity contribution in [2.45, 2.75) is 59.2 Å². The second kappa shape index (κ2) is 6.56. The summed E-state index contributed by atoms with van der Waals surface area (Å²) in [5.74, 6) is 0.359. The van der Waals surface area contributed by atoms with Crippen LogP contribution in [0.5, 0.6) is 0 Å². The molecule has 1 fully saturated rings. The highest BCUT2D eigenvalue weighted by atomic mass is 32.1. The summed E-state index contributed by atoms with van der Waals surface area (Å²) in [6.07, 6.45) is 1.31. The van der Waals surface area contributed by atoms with Crippen LogP contribution in [-0.4, -0.2) is 33.8 Å². The predicted octanol–water partition coefficient (Wildman–Crippen LogP) is 2.10. The number of rotatable bonds is 5. The van der Waals surface area contributed by atoms with Gasteiger partial charge in [0, 0.05) is 4.88 Å². The molecule has 2 amide bonds. The maximum absolute atomic E-state index is 12.7. The zero-order chi connectivity index (χ0) is 15.6. The Morgan fingerprint density at radius 1 is 1.43 bits per heavy atom. The summed E-state index contributed by atoms with van der Waals surface area (Å²) >= 11 is 1.54. The minimum absolute atomic E-state index is 0.0305. The topological polar surface area (TPSA) is 62.3 Å². The quantitative estimate of drug-likeness (QED) is 0.906. The highest BCUT2D eigenvalue weighted by Crippen LogP contribution is 2.23. The molecule has 1 aliphatic rings. The number of piperazine rings is 1. The second-order valence-electron chi connectivity index (χ2n) is 5.94. The maximum atomic E-state index is 12.7. The molecule has 0 saturated carbocycles. The standard InChI is InChI=1S/C15H23N3O2S/c1-5-12-14(19)17-11(6-9(2)3)15(20)18(12)7-13-10(4)16-8-21-13/h8-9,11-12H,5-7H2,1-4H3,(H,17,19). The molecule has 21 heavy (non-hydrogen) atoms. The number of hydrogen-bond donors (Lipinski definition) is 1. The average molecular weight is 309 g/mol. The van der Waals surface area contributed by atoms with E-state index in [0.717, 1.165) is 10.6 Å². The molecule has 2 heterocycles. The lowest BCUT2D eigenvalue weighted by Crippen LogP contribution is -2.62. The van der Waals surface area contributed by atoms with Gasteiger partial charge in [-0.1, -0.05) is 20.8 Å². The lowest BCUT2D eigenvalue weighted by atomic mass is 9.97. The number of aromatic nitrogens is 1. The van der Waals surface area contributed by atoms with Crippen molar-refractivity contribution in [1.82, 2.24) is 15.2 Å². The normalized spacial score (nSPS) is 22.8. The molecule has 1 aromatic heterocycles. The molecule has 2 atom stereocenters. The van der Waals surface area contributed by atoms with E-state index in [-0.39, 0.29) is 17.9 Å². The molecule has 0 aliphatic carbocycles. The van der Waals surface area contributed by atoms with Crippen LogP contribution in [0.15, 0.2) is 5.51 Å². The van der Waals surface area contributed by atoms with Gasteiger partial charge >= 0.3 is 0 Å². The zero-order valence-corrected chi connectivity index (χ0v) is 13.9. The van der Waals surface area contributed by atoms with Crippen molar-refractivity contribution in [2.24, 2.45) is 5.92 Å². The Balaban J connectivity index is 2.22. The third kappa shape index (κ3) is 3.43. The van der Waals surface area contributed by atoms with Crippen LogP contribution in [0.3, 0.4) is 0 Å². The lowest BCUT2D eigenvalue weighted by molar-refractivity contribution is -0.150. The lowest BCUT2D eigenvalue weighted by Gasteiger charge is -2.39. The van der Waals surface area contributed by atoms with E-state index in [1.54, 1.807) is 10.4 Å². The van der Waals surface area contributed by atoms with Gasteiger partial charge in [-0.05, 0) is 25.7 Å². The number of hydrogen-bond acceptors (Lipinski definition) is 4. The van der Waals surface area contributed by atoms with E-state index >= 15 is 0 Å². The molecule has 1 aliphatic heterocycles. The Labute approximate surface area is 129 Å². The van der Waals surface area contributed by atoms with Crippen molar-refractivity contribution >= 4 is 23.2 Å². The van der Waals surface area contributed by atoms with Crippen molar-refractivity contribution < 1.29 is 9.59 Å². The maximum Gasteiger partial charge on any atom is 0.246 e. The molecule has 1 aromatic rings. The average Bonchev–Trinajstić information content (AvgIpc) is 2.80. The number of aryl methyl sites for hydroxylation is 1. The minimum Gasteiger partial charge on any atom is -0.342 e. The first-order valence-corrected chi connectivity index (χ1v) is 8.31. The summed E-state index contributed by atoms with van der Waals surface area (Å²) < 4.78 is 0. The van der Waals surface area contributed by atoms with Gasteiger partial charge in [-0.2, -0.15) is 0 Å². The van der Waals surface area contributed by atoms with Gasteiger partial charge in [0.15, 0.2) is 0 Å². The van der Waals surface area contributed by atoms with Gasteiger partial charge in [-0.3, -0.25) is 9.59 Å². The largest absolute Gasteiger partial charge is 0.342 e. The van der Waals surface area contributed by atoms with Crippen molar-refractivity contribution in [2.75, 3.05) is 0 Å². The van der Waals surface area contributed by atoms with Crippen molar-refractivity contribution in [3.8, 4) is 0 Å². The fourth-order valence-electron chi connectivity index (χ4n) is 2.68. The summed E-state index contributed by atoms with van der Waals surface area (Å²) in [5.41, 5.74) is 2.72. The highest BCUT2D eigenvalue weighted by Gasteiger charge is 2.39. The zero-order valence-electron chi connectivity index (χ0n) is 13.0. The highest BCUT2D eigenvalue weighted by molar-refractivity contribution is 7.09. The Hall–Kier alpha value is -1.43. The number of carbonyl (C=O) groups is 2. The van der Waals surface area contributed by atoms with Crippen molar-refractivity contribution in [1.29, 1.82) is 0 Å². The van der Waals surface area contributed by atoms with Gasteiger partial charge in [0.25, 0.3) is 0 Å². The van der Waals surface area contributed by atoms with Gasteiger partial charge in [0.2, 0.25) is 11.8 Å². The monoisotopic (exact) mass is 309 g/mol. The SMILES string of the molecule is CCC1C(=O)NC(CC(C)C)C(=O)N1Cc1scnc1C. The molecular weight excluding hydrogens is 286 g/mol. The van der Waals surface area contributed by atoms with E-state index in [4.69, 9.17) is 0 Å². The van der Waals surface area contributed by atoms with Crippen LogP contribution >= 0.6 is 11.3 Å². The molecule has 0 spiro atoms. The molecule has 0 radical (unpaired) electrons. The Bertz CT molecular complexity index is 527. The Morgan fingerprint density at radius 3 is 2.67 bits per heavy atom. The number of nitrogens with zero attached hydrogens (tertiary/aromatic N) is 2. The molecule has 0 bridgehead atoms.